The molecule has 0 aromatic heterocycles. The average molecular weight is 195 g/mol. The Morgan fingerprint density at radius 3 is 3.00 bits per heavy atom. The maximum Gasteiger partial charge on any atom is 0.0589 e. The summed E-state index contributed by atoms with van der Waals surface area (Å²) < 4.78 is 5.64. The molecule has 0 amide bonds. The van der Waals surface area contributed by atoms with Crippen LogP contribution in [0, 0.1) is 11.8 Å². The van der Waals surface area contributed by atoms with Gasteiger partial charge in [0.1, 0.15) is 0 Å². The molecule has 0 spiro atoms. The highest BCUT2D eigenvalue weighted by Crippen LogP contribution is 2.17. The van der Waals surface area contributed by atoms with Gasteiger partial charge < -0.3 is 10.5 Å². The van der Waals surface area contributed by atoms with Crippen LogP contribution >= 0.6 is 0 Å². The van der Waals surface area contributed by atoms with Gasteiger partial charge in [-0.2, -0.15) is 0 Å². The first-order valence-electron chi connectivity index (χ1n) is 5.59. The second-order valence-electron chi connectivity index (χ2n) is 3.95. The monoisotopic (exact) mass is 195 g/mol. The van der Waals surface area contributed by atoms with Gasteiger partial charge in [-0.1, -0.05) is 0 Å². The Bertz CT molecular complexity index is 198. The minimum Gasteiger partial charge on any atom is -0.378 e. The van der Waals surface area contributed by atoms with Crippen molar-refractivity contribution in [2.45, 2.75) is 57.6 Å². The topological polar surface area (TPSA) is 35.2 Å². The molecule has 0 aromatic rings. The number of nitrogens with two attached hydrogens (primary N) is 1. The summed E-state index contributed by atoms with van der Waals surface area (Å²) in [4.78, 5) is 0. The summed E-state index contributed by atoms with van der Waals surface area (Å²) >= 11 is 0. The minimum atomic E-state index is 0.263. The van der Waals surface area contributed by atoms with E-state index in [0.717, 1.165) is 25.9 Å². The SMILES string of the molecule is CC#CCCC(N)CC1CCCCO1. The smallest absolute Gasteiger partial charge is 0.0589 e. The summed E-state index contributed by atoms with van der Waals surface area (Å²) in [5.74, 6) is 5.94. The normalized spacial score (nSPS) is 23.7. The number of hydrogen-bond donors (Lipinski definition) is 1. The molecule has 1 saturated heterocycles. The zero-order valence-electron chi connectivity index (χ0n) is 9.09. The average Bonchev–Trinajstić information content (AvgIpc) is 2.20. The molecule has 2 unspecified atom stereocenters. The summed E-state index contributed by atoms with van der Waals surface area (Å²) in [5.41, 5.74) is 6.00. The van der Waals surface area contributed by atoms with Crippen molar-refractivity contribution in [2.24, 2.45) is 5.73 Å². The van der Waals surface area contributed by atoms with Crippen molar-refractivity contribution < 1.29 is 4.74 Å². The third-order valence-electron chi connectivity index (χ3n) is 2.66. The first-order valence-corrected chi connectivity index (χ1v) is 5.59. The lowest BCUT2D eigenvalue weighted by molar-refractivity contribution is 0.00710. The second-order valence-corrected chi connectivity index (χ2v) is 3.95. The summed E-state index contributed by atoms with van der Waals surface area (Å²) in [7, 11) is 0. The molecule has 0 aromatic carbocycles. The predicted molar refractivity (Wildman–Crippen MR) is 58.9 cm³/mol. The summed E-state index contributed by atoms with van der Waals surface area (Å²) in [5, 5.41) is 0. The van der Waals surface area contributed by atoms with Crippen molar-refractivity contribution >= 4 is 0 Å². The maximum atomic E-state index is 6.00. The quantitative estimate of drug-likeness (QED) is 0.697. The molecule has 1 heterocycles. The van der Waals surface area contributed by atoms with Crippen LogP contribution in [0.25, 0.3) is 0 Å². The van der Waals surface area contributed by atoms with Crippen LogP contribution in [0.15, 0.2) is 0 Å². The summed E-state index contributed by atoms with van der Waals surface area (Å²) in [6, 6.07) is 0.263. The molecule has 0 radical (unpaired) electrons. The first-order chi connectivity index (χ1) is 6.83. The molecule has 0 bridgehead atoms. The fourth-order valence-electron chi connectivity index (χ4n) is 1.83. The lowest BCUT2D eigenvalue weighted by Crippen LogP contribution is -2.29. The van der Waals surface area contributed by atoms with Gasteiger partial charge in [0.25, 0.3) is 0 Å². The molecular formula is C12H21NO. The lowest BCUT2D eigenvalue weighted by atomic mass is 10.00. The van der Waals surface area contributed by atoms with Crippen molar-refractivity contribution in [3.63, 3.8) is 0 Å². The van der Waals surface area contributed by atoms with E-state index in [1.165, 1.54) is 19.3 Å². The van der Waals surface area contributed by atoms with Gasteiger partial charge in [-0.3, -0.25) is 0 Å². The minimum absolute atomic E-state index is 0.263. The molecule has 1 rings (SSSR count). The van der Waals surface area contributed by atoms with Crippen molar-refractivity contribution in [3.05, 3.63) is 0 Å². The van der Waals surface area contributed by atoms with Crippen LogP contribution in [0.4, 0.5) is 0 Å². The Hall–Kier alpha value is -0.520. The molecule has 14 heavy (non-hydrogen) atoms. The standard InChI is InChI=1S/C12H21NO/c1-2-3-4-7-11(13)10-12-8-5-6-9-14-12/h11-12H,4-10,13H2,1H3. The Morgan fingerprint density at radius 1 is 1.50 bits per heavy atom. The third kappa shape index (κ3) is 4.64. The molecule has 2 heteroatoms. The fourth-order valence-corrected chi connectivity index (χ4v) is 1.83. The Morgan fingerprint density at radius 2 is 2.36 bits per heavy atom. The third-order valence-corrected chi connectivity index (χ3v) is 2.66. The molecule has 1 aliphatic heterocycles. The Kier molecular flexibility index (Phi) is 5.66. The zero-order valence-corrected chi connectivity index (χ0v) is 9.09. The van der Waals surface area contributed by atoms with E-state index in [1.807, 2.05) is 6.92 Å². The number of rotatable bonds is 4. The fraction of sp³-hybridized carbons (Fsp3) is 0.833. The molecule has 2 nitrogen and oxygen atoms in total. The van der Waals surface area contributed by atoms with E-state index in [1.54, 1.807) is 0 Å². The number of ether oxygens (including phenoxy) is 1. The van der Waals surface area contributed by atoms with Gasteiger partial charge in [-0.05, 0) is 39.0 Å². The van der Waals surface area contributed by atoms with Gasteiger partial charge in [0.05, 0.1) is 6.10 Å². The highest BCUT2D eigenvalue weighted by atomic mass is 16.5. The second kappa shape index (κ2) is 6.86. The molecule has 0 saturated carbocycles. The van der Waals surface area contributed by atoms with E-state index in [2.05, 4.69) is 11.8 Å². The maximum absolute atomic E-state index is 6.00. The zero-order chi connectivity index (χ0) is 10.2. The molecule has 2 atom stereocenters. The Labute approximate surface area is 87.2 Å². The van der Waals surface area contributed by atoms with Gasteiger partial charge in [0.15, 0.2) is 0 Å². The van der Waals surface area contributed by atoms with E-state index >= 15 is 0 Å². The molecule has 1 fully saturated rings. The lowest BCUT2D eigenvalue weighted by Gasteiger charge is -2.24. The van der Waals surface area contributed by atoms with Crippen LogP contribution < -0.4 is 5.73 Å². The van der Waals surface area contributed by atoms with Gasteiger partial charge in [0.2, 0.25) is 0 Å². The number of hydrogen-bond acceptors (Lipinski definition) is 2. The van der Waals surface area contributed by atoms with Crippen LogP contribution in [0.3, 0.4) is 0 Å². The summed E-state index contributed by atoms with van der Waals surface area (Å²) in [6.45, 7) is 2.79. The Balaban J connectivity index is 2.10. The molecule has 80 valence electrons. The highest BCUT2D eigenvalue weighted by molar-refractivity contribution is 4.95. The van der Waals surface area contributed by atoms with E-state index in [-0.39, 0.29) is 6.04 Å². The van der Waals surface area contributed by atoms with E-state index in [0.29, 0.717) is 6.10 Å². The highest BCUT2D eigenvalue weighted by Gasteiger charge is 2.16. The van der Waals surface area contributed by atoms with Crippen LogP contribution in [-0.4, -0.2) is 18.8 Å². The van der Waals surface area contributed by atoms with Gasteiger partial charge in [-0.15, -0.1) is 11.8 Å². The molecule has 0 aliphatic carbocycles. The van der Waals surface area contributed by atoms with Crippen LogP contribution in [-0.2, 0) is 4.74 Å². The van der Waals surface area contributed by atoms with E-state index in [4.69, 9.17) is 10.5 Å². The van der Waals surface area contributed by atoms with Crippen molar-refractivity contribution in [2.75, 3.05) is 6.61 Å². The molecule has 2 N–H and O–H groups in total. The molecular weight excluding hydrogens is 174 g/mol. The van der Waals surface area contributed by atoms with Crippen molar-refractivity contribution in [1.29, 1.82) is 0 Å². The van der Waals surface area contributed by atoms with Crippen LogP contribution in [0.2, 0.25) is 0 Å². The predicted octanol–water partition coefficient (Wildman–Crippen LogP) is 2.08. The first kappa shape index (κ1) is 11.6. The largest absolute Gasteiger partial charge is 0.378 e. The molecule has 1 aliphatic rings. The van der Waals surface area contributed by atoms with Crippen molar-refractivity contribution in [1.82, 2.24) is 0 Å². The van der Waals surface area contributed by atoms with Gasteiger partial charge in [-0.25, -0.2) is 0 Å². The van der Waals surface area contributed by atoms with Gasteiger partial charge >= 0.3 is 0 Å². The van der Waals surface area contributed by atoms with Crippen LogP contribution in [0.5, 0.6) is 0 Å². The van der Waals surface area contributed by atoms with Gasteiger partial charge in [0, 0.05) is 19.1 Å². The summed E-state index contributed by atoms with van der Waals surface area (Å²) in [6.07, 6.45) is 7.04. The van der Waals surface area contributed by atoms with Crippen molar-refractivity contribution in [3.8, 4) is 11.8 Å². The van der Waals surface area contributed by atoms with Crippen LogP contribution in [0.1, 0.15) is 45.4 Å². The van der Waals surface area contributed by atoms with E-state index < -0.39 is 0 Å². The van der Waals surface area contributed by atoms with E-state index in [9.17, 15) is 0 Å².